The van der Waals surface area contributed by atoms with Crippen LogP contribution in [-0.2, 0) is 0 Å². The minimum Gasteiger partial charge on any atom is -0.494 e. The summed E-state index contributed by atoms with van der Waals surface area (Å²) in [6.07, 6.45) is -0.901. The van der Waals surface area contributed by atoms with Gasteiger partial charge in [0.2, 0.25) is 0 Å². The molecule has 2 aromatic rings. The number of benzene rings is 2. The summed E-state index contributed by atoms with van der Waals surface area (Å²) in [5.41, 5.74) is 1.15. The summed E-state index contributed by atoms with van der Waals surface area (Å²) in [6.45, 7) is 2.50. The zero-order chi connectivity index (χ0) is 16.7. The van der Waals surface area contributed by atoms with Crippen LogP contribution in [0.25, 0.3) is 0 Å². The van der Waals surface area contributed by atoms with Crippen molar-refractivity contribution in [2.24, 2.45) is 0 Å². The lowest BCUT2D eigenvalue weighted by molar-refractivity contribution is 0.175. The molecular formula is C17H19FN2O3. The second-order valence-corrected chi connectivity index (χ2v) is 4.86. The van der Waals surface area contributed by atoms with E-state index in [9.17, 15) is 14.3 Å². The molecule has 0 aliphatic carbocycles. The van der Waals surface area contributed by atoms with E-state index in [1.807, 2.05) is 6.92 Å². The number of urea groups is 1. The first-order valence-electron chi connectivity index (χ1n) is 7.29. The molecule has 6 heteroatoms. The molecule has 0 aliphatic rings. The predicted molar refractivity (Wildman–Crippen MR) is 86.0 cm³/mol. The predicted octanol–water partition coefficient (Wildman–Crippen LogP) is 3.08. The van der Waals surface area contributed by atoms with Gasteiger partial charge in [-0.25, -0.2) is 9.18 Å². The normalized spacial score (nSPS) is 11.6. The van der Waals surface area contributed by atoms with Gasteiger partial charge in [0.15, 0.2) is 0 Å². The number of nitrogens with one attached hydrogen (secondary N) is 2. The van der Waals surface area contributed by atoms with Gasteiger partial charge >= 0.3 is 6.03 Å². The summed E-state index contributed by atoms with van der Waals surface area (Å²) in [7, 11) is 0. The van der Waals surface area contributed by atoms with Gasteiger partial charge in [-0.3, -0.25) is 0 Å². The van der Waals surface area contributed by atoms with Gasteiger partial charge in [0.1, 0.15) is 11.6 Å². The molecule has 0 radical (unpaired) electrons. The van der Waals surface area contributed by atoms with Crippen molar-refractivity contribution in [3.8, 4) is 5.75 Å². The number of carbonyl (C=O) groups is 1. The van der Waals surface area contributed by atoms with Gasteiger partial charge in [-0.05, 0) is 48.9 Å². The van der Waals surface area contributed by atoms with Crippen molar-refractivity contribution in [3.05, 3.63) is 59.9 Å². The molecule has 0 aliphatic heterocycles. The Kier molecular flexibility index (Phi) is 5.94. The molecule has 2 amide bonds. The molecule has 0 saturated heterocycles. The topological polar surface area (TPSA) is 70.6 Å². The second-order valence-electron chi connectivity index (χ2n) is 4.86. The number of halogens is 1. The average molecular weight is 318 g/mol. The number of aliphatic hydroxyl groups excluding tert-OH is 1. The monoisotopic (exact) mass is 318 g/mol. The van der Waals surface area contributed by atoms with Crippen LogP contribution in [0.2, 0.25) is 0 Å². The summed E-state index contributed by atoms with van der Waals surface area (Å²) in [4.78, 5) is 11.8. The van der Waals surface area contributed by atoms with Gasteiger partial charge < -0.3 is 20.5 Å². The van der Waals surface area contributed by atoms with Crippen molar-refractivity contribution in [2.75, 3.05) is 18.5 Å². The van der Waals surface area contributed by atoms with Crippen LogP contribution < -0.4 is 15.4 Å². The van der Waals surface area contributed by atoms with E-state index in [1.165, 1.54) is 24.3 Å². The van der Waals surface area contributed by atoms with Crippen molar-refractivity contribution in [1.82, 2.24) is 5.32 Å². The number of rotatable bonds is 6. The maximum absolute atomic E-state index is 12.8. The first kappa shape index (κ1) is 16.8. The molecule has 0 spiro atoms. The third-order valence-corrected chi connectivity index (χ3v) is 3.13. The molecule has 0 bridgehead atoms. The highest BCUT2D eigenvalue weighted by atomic mass is 19.1. The molecule has 0 heterocycles. The van der Waals surface area contributed by atoms with Gasteiger partial charge in [-0.15, -0.1) is 0 Å². The fourth-order valence-electron chi connectivity index (χ4n) is 1.97. The van der Waals surface area contributed by atoms with Crippen LogP contribution in [0, 0.1) is 5.82 Å². The Morgan fingerprint density at radius 1 is 1.17 bits per heavy atom. The first-order valence-corrected chi connectivity index (χ1v) is 7.29. The molecule has 0 aromatic heterocycles. The fraction of sp³-hybridized carbons (Fsp3) is 0.235. The molecule has 0 saturated carbocycles. The number of hydrogen-bond donors (Lipinski definition) is 3. The number of aliphatic hydroxyl groups is 1. The standard InChI is InChI=1S/C17H19FN2O3/c1-2-23-15-9-7-14(8-10-15)20-17(22)19-11-16(21)12-3-5-13(18)6-4-12/h3-10,16,21H,2,11H2,1H3,(H2,19,20,22). The van der Waals surface area contributed by atoms with Crippen molar-refractivity contribution in [2.45, 2.75) is 13.0 Å². The van der Waals surface area contributed by atoms with Crippen LogP contribution in [0.1, 0.15) is 18.6 Å². The molecular weight excluding hydrogens is 299 g/mol. The summed E-state index contributed by atoms with van der Waals surface area (Å²) < 4.78 is 18.1. The van der Waals surface area contributed by atoms with Crippen molar-refractivity contribution in [1.29, 1.82) is 0 Å². The summed E-state index contributed by atoms with van der Waals surface area (Å²) in [5, 5.41) is 15.1. The highest BCUT2D eigenvalue weighted by molar-refractivity contribution is 5.89. The Morgan fingerprint density at radius 2 is 1.83 bits per heavy atom. The first-order chi connectivity index (χ1) is 11.1. The minimum absolute atomic E-state index is 0.0223. The van der Waals surface area contributed by atoms with E-state index in [0.717, 1.165) is 5.75 Å². The van der Waals surface area contributed by atoms with Gasteiger partial charge in [-0.1, -0.05) is 12.1 Å². The molecule has 23 heavy (non-hydrogen) atoms. The lowest BCUT2D eigenvalue weighted by Gasteiger charge is -2.13. The zero-order valence-corrected chi connectivity index (χ0v) is 12.8. The van der Waals surface area contributed by atoms with Gasteiger partial charge in [-0.2, -0.15) is 0 Å². The van der Waals surface area contributed by atoms with E-state index < -0.39 is 12.1 Å². The number of anilines is 1. The van der Waals surface area contributed by atoms with E-state index in [4.69, 9.17) is 4.74 Å². The maximum atomic E-state index is 12.8. The number of hydrogen-bond acceptors (Lipinski definition) is 3. The molecule has 3 N–H and O–H groups in total. The van der Waals surface area contributed by atoms with Crippen molar-refractivity contribution < 1.29 is 19.0 Å². The van der Waals surface area contributed by atoms with E-state index in [-0.39, 0.29) is 12.4 Å². The zero-order valence-electron chi connectivity index (χ0n) is 12.8. The summed E-state index contributed by atoms with van der Waals surface area (Å²) >= 11 is 0. The van der Waals surface area contributed by atoms with E-state index in [1.54, 1.807) is 24.3 Å². The minimum atomic E-state index is -0.901. The van der Waals surface area contributed by atoms with Crippen molar-refractivity contribution in [3.63, 3.8) is 0 Å². The Balaban J connectivity index is 1.81. The Hall–Kier alpha value is -2.60. The summed E-state index contributed by atoms with van der Waals surface area (Å²) in [6, 6.07) is 12.0. The molecule has 1 atom stereocenters. The molecule has 122 valence electrons. The van der Waals surface area contributed by atoms with Crippen molar-refractivity contribution >= 4 is 11.7 Å². The van der Waals surface area contributed by atoms with Crippen LogP contribution in [-0.4, -0.2) is 24.3 Å². The average Bonchev–Trinajstić information content (AvgIpc) is 2.55. The van der Waals surface area contributed by atoms with Crippen LogP contribution in [0.5, 0.6) is 5.75 Å². The second kappa shape index (κ2) is 8.14. The quantitative estimate of drug-likeness (QED) is 0.766. The Labute approximate surface area is 134 Å². The number of carbonyl (C=O) groups excluding carboxylic acids is 1. The van der Waals surface area contributed by atoms with Gasteiger partial charge in [0, 0.05) is 12.2 Å². The lowest BCUT2D eigenvalue weighted by atomic mass is 10.1. The van der Waals surface area contributed by atoms with Crippen LogP contribution in [0.4, 0.5) is 14.9 Å². The SMILES string of the molecule is CCOc1ccc(NC(=O)NCC(O)c2ccc(F)cc2)cc1. The molecule has 5 nitrogen and oxygen atoms in total. The van der Waals surface area contributed by atoms with E-state index in [2.05, 4.69) is 10.6 Å². The number of amides is 2. The van der Waals surface area contributed by atoms with Gasteiger partial charge in [0.25, 0.3) is 0 Å². The summed E-state index contributed by atoms with van der Waals surface area (Å²) in [5.74, 6) is 0.354. The number of ether oxygens (including phenoxy) is 1. The van der Waals surface area contributed by atoms with Crippen LogP contribution in [0.3, 0.4) is 0 Å². The highest BCUT2D eigenvalue weighted by Gasteiger charge is 2.09. The fourth-order valence-corrected chi connectivity index (χ4v) is 1.97. The van der Waals surface area contributed by atoms with Crippen LogP contribution in [0.15, 0.2) is 48.5 Å². The molecule has 1 unspecified atom stereocenters. The van der Waals surface area contributed by atoms with Gasteiger partial charge in [0.05, 0.1) is 12.7 Å². The third kappa shape index (κ3) is 5.27. The van der Waals surface area contributed by atoms with E-state index in [0.29, 0.717) is 17.9 Å². The molecule has 2 rings (SSSR count). The van der Waals surface area contributed by atoms with E-state index >= 15 is 0 Å². The van der Waals surface area contributed by atoms with Crippen LogP contribution >= 0.6 is 0 Å². The molecule has 0 fully saturated rings. The maximum Gasteiger partial charge on any atom is 0.319 e. The smallest absolute Gasteiger partial charge is 0.319 e. The largest absolute Gasteiger partial charge is 0.494 e. The third-order valence-electron chi connectivity index (χ3n) is 3.13. The Morgan fingerprint density at radius 3 is 2.43 bits per heavy atom. The molecule has 2 aromatic carbocycles. The Bertz CT molecular complexity index is 629. The highest BCUT2D eigenvalue weighted by Crippen LogP contribution is 2.16. The lowest BCUT2D eigenvalue weighted by Crippen LogP contribution is -2.32.